The largest absolute Gasteiger partial charge is 0.494 e. The summed E-state index contributed by atoms with van der Waals surface area (Å²) >= 11 is 0. The van der Waals surface area contributed by atoms with Crippen molar-refractivity contribution in [2.75, 3.05) is 7.11 Å². The standard InChI is InChI=1S/C15H15NO/c1-12-7-6-10-14(17-2)15(12)16-11-13-8-4-3-5-9-13/h3-11H,1-2H3. The summed E-state index contributed by atoms with van der Waals surface area (Å²) in [6, 6.07) is 15.9. The van der Waals surface area contributed by atoms with Gasteiger partial charge in [0, 0.05) is 6.21 Å². The summed E-state index contributed by atoms with van der Waals surface area (Å²) < 4.78 is 5.30. The van der Waals surface area contributed by atoms with Gasteiger partial charge < -0.3 is 4.74 Å². The van der Waals surface area contributed by atoms with Gasteiger partial charge in [0.25, 0.3) is 0 Å². The van der Waals surface area contributed by atoms with Gasteiger partial charge in [-0.25, -0.2) is 0 Å². The zero-order valence-corrected chi connectivity index (χ0v) is 10.1. The second-order valence-electron chi connectivity index (χ2n) is 3.79. The van der Waals surface area contributed by atoms with Crippen molar-refractivity contribution in [3.05, 3.63) is 59.7 Å². The molecule has 0 N–H and O–H groups in total. The molecule has 0 aromatic heterocycles. The van der Waals surface area contributed by atoms with Gasteiger partial charge in [-0.15, -0.1) is 0 Å². The van der Waals surface area contributed by atoms with E-state index in [0.717, 1.165) is 22.6 Å². The van der Waals surface area contributed by atoms with E-state index >= 15 is 0 Å². The molecule has 17 heavy (non-hydrogen) atoms. The van der Waals surface area contributed by atoms with Crippen LogP contribution < -0.4 is 4.74 Å². The highest BCUT2D eigenvalue weighted by Crippen LogP contribution is 2.30. The van der Waals surface area contributed by atoms with Crippen LogP contribution in [-0.4, -0.2) is 13.3 Å². The number of ether oxygens (including phenoxy) is 1. The van der Waals surface area contributed by atoms with Crippen molar-refractivity contribution in [1.29, 1.82) is 0 Å². The van der Waals surface area contributed by atoms with E-state index in [9.17, 15) is 0 Å². The molecule has 0 aliphatic heterocycles. The van der Waals surface area contributed by atoms with E-state index in [1.54, 1.807) is 7.11 Å². The molecule has 86 valence electrons. The van der Waals surface area contributed by atoms with Crippen LogP contribution >= 0.6 is 0 Å². The number of hydrogen-bond acceptors (Lipinski definition) is 2. The fourth-order valence-electron chi connectivity index (χ4n) is 1.64. The number of aliphatic imine (C=N–C) groups is 1. The molecule has 0 aliphatic carbocycles. The van der Waals surface area contributed by atoms with E-state index in [4.69, 9.17) is 4.74 Å². The zero-order chi connectivity index (χ0) is 12.1. The lowest BCUT2D eigenvalue weighted by atomic mass is 10.2. The predicted octanol–water partition coefficient (Wildman–Crippen LogP) is 3.75. The Morgan fingerprint density at radius 3 is 2.47 bits per heavy atom. The number of benzene rings is 2. The summed E-state index contributed by atoms with van der Waals surface area (Å²) in [6.07, 6.45) is 1.85. The SMILES string of the molecule is COc1cccc(C)c1N=Cc1ccccc1. The Bertz CT molecular complexity index is 518. The summed E-state index contributed by atoms with van der Waals surface area (Å²) in [5, 5.41) is 0. The van der Waals surface area contributed by atoms with Crippen molar-refractivity contribution in [3.8, 4) is 5.75 Å². The van der Waals surface area contributed by atoms with Gasteiger partial charge >= 0.3 is 0 Å². The Morgan fingerprint density at radius 2 is 1.76 bits per heavy atom. The number of aryl methyl sites for hydroxylation is 1. The lowest BCUT2D eigenvalue weighted by Gasteiger charge is -2.06. The second-order valence-corrected chi connectivity index (χ2v) is 3.79. The predicted molar refractivity (Wildman–Crippen MR) is 71.4 cm³/mol. The van der Waals surface area contributed by atoms with Crippen LogP contribution in [-0.2, 0) is 0 Å². The summed E-state index contributed by atoms with van der Waals surface area (Å²) in [7, 11) is 1.66. The maximum atomic E-state index is 5.30. The molecule has 0 radical (unpaired) electrons. The third kappa shape index (κ3) is 2.72. The topological polar surface area (TPSA) is 21.6 Å². The summed E-state index contributed by atoms with van der Waals surface area (Å²) in [5.41, 5.74) is 3.08. The summed E-state index contributed by atoms with van der Waals surface area (Å²) in [4.78, 5) is 4.50. The van der Waals surface area contributed by atoms with Crippen molar-refractivity contribution in [3.63, 3.8) is 0 Å². The van der Waals surface area contributed by atoms with Crippen LogP contribution in [0.2, 0.25) is 0 Å². The average Bonchev–Trinajstić information content (AvgIpc) is 2.38. The third-order valence-corrected chi connectivity index (χ3v) is 2.56. The van der Waals surface area contributed by atoms with E-state index < -0.39 is 0 Å². The first-order valence-electron chi connectivity index (χ1n) is 5.54. The van der Waals surface area contributed by atoms with Gasteiger partial charge in [0.05, 0.1) is 7.11 Å². The number of methoxy groups -OCH3 is 1. The maximum Gasteiger partial charge on any atom is 0.144 e. The molecule has 0 fully saturated rings. The highest BCUT2D eigenvalue weighted by molar-refractivity contribution is 5.83. The van der Waals surface area contributed by atoms with Crippen molar-refractivity contribution in [1.82, 2.24) is 0 Å². The molecule has 0 heterocycles. The van der Waals surface area contributed by atoms with Crippen LogP contribution in [0.3, 0.4) is 0 Å². The smallest absolute Gasteiger partial charge is 0.144 e. The maximum absolute atomic E-state index is 5.30. The van der Waals surface area contributed by atoms with Gasteiger partial charge in [-0.05, 0) is 24.1 Å². The van der Waals surface area contributed by atoms with Crippen LogP contribution in [0.5, 0.6) is 5.75 Å². The summed E-state index contributed by atoms with van der Waals surface area (Å²) in [5.74, 6) is 0.803. The van der Waals surface area contributed by atoms with Gasteiger partial charge in [0.15, 0.2) is 0 Å². The molecule has 2 aromatic carbocycles. The van der Waals surface area contributed by atoms with Crippen molar-refractivity contribution < 1.29 is 4.74 Å². The zero-order valence-electron chi connectivity index (χ0n) is 10.1. The molecular weight excluding hydrogens is 210 g/mol. The molecular formula is C15H15NO. The Balaban J connectivity index is 2.33. The van der Waals surface area contributed by atoms with Crippen LogP contribution in [0.4, 0.5) is 5.69 Å². The minimum absolute atomic E-state index is 0.803. The molecule has 0 spiro atoms. The molecule has 2 heteroatoms. The third-order valence-electron chi connectivity index (χ3n) is 2.56. The molecule has 0 saturated heterocycles. The van der Waals surface area contributed by atoms with E-state index in [0.29, 0.717) is 0 Å². The van der Waals surface area contributed by atoms with Gasteiger partial charge in [0.2, 0.25) is 0 Å². The van der Waals surface area contributed by atoms with E-state index in [1.807, 2.05) is 61.7 Å². The Labute approximate surface area is 102 Å². The summed E-state index contributed by atoms with van der Waals surface area (Å²) in [6.45, 7) is 2.03. The molecule has 0 aliphatic rings. The number of para-hydroxylation sites is 1. The van der Waals surface area contributed by atoms with E-state index in [-0.39, 0.29) is 0 Å². The number of rotatable bonds is 3. The van der Waals surface area contributed by atoms with Crippen LogP contribution in [0.25, 0.3) is 0 Å². The van der Waals surface area contributed by atoms with E-state index in [2.05, 4.69) is 4.99 Å². The molecule has 2 rings (SSSR count). The van der Waals surface area contributed by atoms with Crippen molar-refractivity contribution in [2.45, 2.75) is 6.92 Å². The molecule has 2 nitrogen and oxygen atoms in total. The first-order chi connectivity index (χ1) is 8.31. The quantitative estimate of drug-likeness (QED) is 0.729. The second kappa shape index (κ2) is 5.30. The lowest BCUT2D eigenvalue weighted by molar-refractivity contribution is 0.416. The molecule has 2 aromatic rings. The molecule has 0 saturated carbocycles. The van der Waals surface area contributed by atoms with E-state index in [1.165, 1.54) is 0 Å². The molecule has 0 bridgehead atoms. The van der Waals surface area contributed by atoms with Gasteiger partial charge in [0.1, 0.15) is 11.4 Å². The highest BCUT2D eigenvalue weighted by atomic mass is 16.5. The fraction of sp³-hybridized carbons (Fsp3) is 0.133. The minimum Gasteiger partial charge on any atom is -0.494 e. The van der Waals surface area contributed by atoms with Crippen molar-refractivity contribution in [2.24, 2.45) is 4.99 Å². The Kier molecular flexibility index (Phi) is 3.55. The first kappa shape index (κ1) is 11.4. The highest BCUT2D eigenvalue weighted by Gasteiger charge is 2.02. The van der Waals surface area contributed by atoms with Crippen LogP contribution in [0, 0.1) is 6.92 Å². The number of hydrogen-bond donors (Lipinski definition) is 0. The van der Waals surface area contributed by atoms with Crippen molar-refractivity contribution >= 4 is 11.9 Å². The fourth-order valence-corrected chi connectivity index (χ4v) is 1.64. The Hall–Kier alpha value is -2.09. The Morgan fingerprint density at radius 1 is 1.00 bits per heavy atom. The minimum atomic E-state index is 0.803. The van der Waals surface area contributed by atoms with Crippen LogP contribution in [0.1, 0.15) is 11.1 Å². The molecule has 0 amide bonds. The van der Waals surface area contributed by atoms with Gasteiger partial charge in [-0.2, -0.15) is 0 Å². The normalized spacial score (nSPS) is 10.7. The molecule has 0 atom stereocenters. The monoisotopic (exact) mass is 225 g/mol. The average molecular weight is 225 g/mol. The van der Waals surface area contributed by atoms with Crippen LogP contribution in [0.15, 0.2) is 53.5 Å². The molecule has 0 unspecified atom stereocenters. The van der Waals surface area contributed by atoms with Gasteiger partial charge in [-0.3, -0.25) is 4.99 Å². The van der Waals surface area contributed by atoms with Gasteiger partial charge in [-0.1, -0.05) is 42.5 Å². The lowest BCUT2D eigenvalue weighted by Crippen LogP contribution is -1.86. The number of nitrogens with zero attached hydrogens (tertiary/aromatic N) is 1. The first-order valence-corrected chi connectivity index (χ1v) is 5.54.